The van der Waals surface area contributed by atoms with Crippen LogP contribution in [0.3, 0.4) is 0 Å². The zero-order chi connectivity index (χ0) is 14.1. The van der Waals surface area contributed by atoms with Gasteiger partial charge in [0.2, 0.25) is 0 Å². The summed E-state index contributed by atoms with van der Waals surface area (Å²) in [5.41, 5.74) is 0.753. The highest BCUT2D eigenvalue weighted by Gasteiger charge is 2.22. The van der Waals surface area contributed by atoms with E-state index in [-0.39, 0.29) is 15.7 Å². The first kappa shape index (κ1) is 16.0. The minimum atomic E-state index is -0.105. The van der Waals surface area contributed by atoms with Crippen molar-refractivity contribution in [1.82, 2.24) is 9.97 Å². The Bertz CT molecular complexity index is 483. The summed E-state index contributed by atoms with van der Waals surface area (Å²) in [5.74, 6) is 1.50. The van der Waals surface area contributed by atoms with Gasteiger partial charge in [-0.1, -0.05) is 41.5 Å². The van der Waals surface area contributed by atoms with Crippen LogP contribution in [0.25, 0.3) is 0 Å². The lowest BCUT2D eigenvalue weighted by Gasteiger charge is -2.21. The number of hydrogen-bond acceptors (Lipinski definition) is 3. The van der Waals surface area contributed by atoms with Crippen LogP contribution in [-0.2, 0) is 11.2 Å². The first-order valence-electron chi connectivity index (χ1n) is 5.94. The molecule has 0 saturated carbocycles. The van der Waals surface area contributed by atoms with Crippen molar-refractivity contribution in [2.45, 2.75) is 57.5 Å². The van der Waals surface area contributed by atoms with Crippen molar-refractivity contribution in [3.05, 3.63) is 25.4 Å². The summed E-state index contributed by atoms with van der Waals surface area (Å²) in [7, 11) is 0. The maximum Gasteiger partial charge on any atom is 0.264 e. The van der Waals surface area contributed by atoms with E-state index in [2.05, 4.69) is 74.1 Å². The summed E-state index contributed by atoms with van der Waals surface area (Å²) >= 11 is 3.86. The Balaban J connectivity index is 3.10. The van der Waals surface area contributed by atoms with E-state index in [1.54, 1.807) is 11.8 Å². The predicted octanol–water partition coefficient (Wildman–Crippen LogP) is 3.70. The Hall–Kier alpha value is -0.0400. The quantitative estimate of drug-likeness (QED) is 0.796. The molecule has 102 valence electrons. The second kappa shape index (κ2) is 5.53. The lowest BCUT2D eigenvalue weighted by Crippen LogP contribution is -2.25. The summed E-state index contributed by atoms with van der Waals surface area (Å²) in [4.78, 5) is 19.4. The molecule has 0 amide bonds. The van der Waals surface area contributed by atoms with Gasteiger partial charge in [-0.3, -0.25) is 4.79 Å². The summed E-state index contributed by atoms with van der Waals surface area (Å²) in [6.45, 7) is 12.7. The summed E-state index contributed by atoms with van der Waals surface area (Å²) in [6.07, 6.45) is 0. The Morgan fingerprint density at radius 3 is 2.22 bits per heavy atom. The Kier molecular flexibility index (Phi) is 4.92. The van der Waals surface area contributed by atoms with Gasteiger partial charge in [-0.25, -0.2) is 4.98 Å². The molecule has 0 radical (unpaired) electrons. The Labute approximate surface area is 127 Å². The van der Waals surface area contributed by atoms with Crippen LogP contribution < -0.4 is 5.56 Å². The van der Waals surface area contributed by atoms with Gasteiger partial charge in [-0.2, -0.15) is 0 Å². The predicted molar refractivity (Wildman–Crippen MR) is 87.3 cm³/mol. The van der Waals surface area contributed by atoms with Gasteiger partial charge in [0, 0.05) is 10.2 Å². The van der Waals surface area contributed by atoms with Gasteiger partial charge in [0.25, 0.3) is 5.56 Å². The molecule has 0 saturated heterocycles. The third-order valence-corrected chi connectivity index (χ3v) is 4.55. The second-order valence-corrected chi connectivity index (χ2v) is 9.21. The highest BCUT2D eigenvalue weighted by Crippen LogP contribution is 2.27. The van der Waals surface area contributed by atoms with Crippen molar-refractivity contribution >= 4 is 34.4 Å². The molecule has 0 aromatic carbocycles. The first-order valence-corrected chi connectivity index (χ1v) is 8.00. The van der Waals surface area contributed by atoms with Crippen molar-refractivity contribution in [2.24, 2.45) is 0 Å². The molecule has 0 aliphatic heterocycles. The maximum atomic E-state index is 11.9. The largest absolute Gasteiger partial charge is 0.309 e. The monoisotopic (exact) mass is 380 g/mol. The number of aromatic nitrogens is 2. The third kappa shape index (κ3) is 4.57. The standard InChI is InChI=1S/C13H21IN2OS/c1-12(2,3)10-9(14)11(17)16-8(15-10)7-18-13(4,5)6/h7H2,1-6H3,(H,15,16,17). The zero-order valence-corrected chi connectivity index (χ0v) is 14.8. The number of nitrogens with one attached hydrogen (secondary N) is 1. The normalized spacial score (nSPS) is 12.8. The lowest BCUT2D eigenvalue weighted by molar-refractivity contribution is 0.557. The van der Waals surface area contributed by atoms with Crippen molar-refractivity contribution in [2.75, 3.05) is 0 Å². The number of rotatable bonds is 2. The van der Waals surface area contributed by atoms with Gasteiger partial charge >= 0.3 is 0 Å². The van der Waals surface area contributed by atoms with Crippen LogP contribution in [0.5, 0.6) is 0 Å². The molecule has 1 heterocycles. The molecule has 0 spiro atoms. The average molecular weight is 380 g/mol. The van der Waals surface area contributed by atoms with E-state index in [0.29, 0.717) is 3.57 Å². The fourth-order valence-electron chi connectivity index (χ4n) is 1.36. The van der Waals surface area contributed by atoms with Crippen molar-refractivity contribution in [3.8, 4) is 0 Å². The highest BCUT2D eigenvalue weighted by atomic mass is 127. The molecule has 1 N–H and O–H groups in total. The van der Waals surface area contributed by atoms with E-state index in [1.165, 1.54) is 0 Å². The van der Waals surface area contributed by atoms with Gasteiger partial charge in [0.05, 0.1) is 11.4 Å². The molecular weight excluding hydrogens is 359 g/mol. The lowest BCUT2D eigenvalue weighted by atomic mass is 9.92. The molecule has 0 aliphatic carbocycles. The molecule has 0 atom stereocenters. The van der Waals surface area contributed by atoms with E-state index in [9.17, 15) is 4.79 Å². The van der Waals surface area contributed by atoms with Crippen LogP contribution in [-0.4, -0.2) is 14.7 Å². The molecule has 1 aromatic heterocycles. The van der Waals surface area contributed by atoms with E-state index >= 15 is 0 Å². The van der Waals surface area contributed by atoms with Crippen LogP contribution in [0, 0.1) is 3.57 Å². The van der Waals surface area contributed by atoms with Gasteiger partial charge in [-0.05, 0) is 22.6 Å². The van der Waals surface area contributed by atoms with Gasteiger partial charge in [-0.15, -0.1) is 11.8 Å². The van der Waals surface area contributed by atoms with Crippen molar-refractivity contribution in [3.63, 3.8) is 0 Å². The van der Waals surface area contributed by atoms with E-state index in [0.717, 1.165) is 17.3 Å². The second-order valence-electron chi connectivity index (χ2n) is 6.33. The molecule has 1 aromatic rings. The molecule has 5 heteroatoms. The molecule has 0 bridgehead atoms. The van der Waals surface area contributed by atoms with Crippen LogP contribution in [0.2, 0.25) is 0 Å². The SMILES string of the molecule is CC(C)(C)SCc1nc(C(C)(C)C)c(I)c(=O)[nH]1. The van der Waals surface area contributed by atoms with E-state index in [4.69, 9.17) is 0 Å². The number of hydrogen-bond donors (Lipinski definition) is 1. The van der Waals surface area contributed by atoms with Gasteiger partial charge in [0.15, 0.2) is 0 Å². The molecule has 0 unspecified atom stereocenters. The summed E-state index contributed by atoms with van der Waals surface area (Å²) in [6, 6.07) is 0. The number of thioether (sulfide) groups is 1. The van der Waals surface area contributed by atoms with Crippen LogP contribution in [0.1, 0.15) is 53.1 Å². The number of aromatic amines is 1. The first-order chi connectivity index (χ1) is 8.00. The molecular formula is C13H21IN2OS. The minimum absolute atomic E-state index is 0.0277. The van der Waals surface area contributed by atoms with Crippen LogP contribution in [0.15, 0.2) is 4.79 Å². The molecule has 18 heavy (non-hydrogen) atoms. The Morgan fingerprint density at radius 2 is 1.78 bits per heavy atom. The summed E-state index contributed by atoms with van der Waals surface area (Å²) < 4.78 is 0.869. The zero-order valence-electron chi connectivity index (χ0n) is 11.8. The molecule has 3 nitrogen and oxygen atoms in total. The maximum absolute atomic E-state index is 11.9. The third-order valence-electron chi connectivity index (χ3n) is 2.26. The minimum Gasteiger partial charge on any atom is -0.309 e. The van der Waals surface area contributed by atoms with Crippen molar-refractivity contribution < 1.29 is 0 Å². The number of H-pyrrole nitrogens is 1. The topological polar surface area (TPSA) is 45.8 Å². The average Bonchev–Trinajstić information content (AvgIpc) is 2.16. The number of nitrogens with zero attached hydrogens (tertiary/aromatic N) is 1. The Morgan fingerprint density at radius 1 is 1.22 bits per heavy atom. The fourth-order valence-corrected chi connectivity index (χ4v) is 3.13. The molecule has 0 fully saturated rings. The van der Waals surface area contributed by atoms with Crippen molar-refractivity contribution in [1.29, 1.82) is 0 Å². The molecule has 1 rings (SSSR count). The smallest absolute Gasteiger partial charge is 0.264 e. The van der Waals surface area contributed by atoms with Gasteiger partial charge < -0.3 is 4.98 Å². The van der Waals surface area contributed by atoms with E-state index in [1.807, 2.05) is 0 Å². The fraction of sp³-hybridized carbons (Fsp3) is 0.692. The van der Waals surface area contributed by atoms with Gasteiger partial charge in [0.1, 0.15) is 9.39 Å². The molecule has 0 aliphatic rings. The van der Waals surface area contributed by atoms with E-state index < -0.39 is 0 Å². The van der Waals surface area contributed by atoms with Crippen LogP contribution >= 0.6 is 34.4 Å². The van der Waals surface area contributed by atoms with Crippen LogP contribution in [0.4, 0.5) is 0 Å². The number of halogens is 1. The summed E-state index contributed by atoms with van der Waals surface area (Å²) in [5, 5.41) is 0. The highest BCUT2D eigenvalue weighted by molar-refractivity contribution is 14.1.